The monoisotopic (exact) mass is 198 g/mol. The van der Waals surface area contributed by atoms with E-state index >= 15 is 0 Å². The Balaban J connectivity index is 4.53. The van der Waals surface area contributed by atoms with E-state index in [-0.39, 0.29) is 0 Å². The van der Waals surface area contributed by atoms with Crippen molar-refractivity contribution in [2.75, 3.05) is 21.3 Å². The van der Waals surface area contributed by atoms with E-state index in [4.69, 9.17) is 5.11 Å². The molecule has 0 bridgehead atoms. The van der Waals surface area contributed by atoms with Crippen molar-refractivity contribution in [2.24, 2.45) is 0 Å². The van der Waals surface area contributed by atoms with E-state index in [1.165, 1.54) is 0 Å². The van der Waals surface area contributed by atoms with Crippen LogP contribution in [0.5, 0.6) is 0 Å². The smallest absolute Gasteiger partial charge is 0.369 e. The molecule has 0 amide bonds. The zero-order valence-electron chi connectivity index (χ0n) is 7.01. The normalized spacial score (nSPS) is 14.0. The molecule has 0 saturated carbocycles. The number of rotatable bonds is 4. The lowest BCUT2D eigenvalue weighted by Gasteiger charge is -2.17. The number of hydrogen-bond donors (Lipinski definition) is 1. The third kappa shape index (κ3) is 2.28. The maximum atomic E-state index is 11.3. The maximum absolute atomic E-state index is 11.3. The molecule has 0 aliphatic heterocycles. The van der Waals surface area contributed by atoms with Gasteiger partial charge in [-0.05, 0) is 0 Å². The van der Waals surface area contributed by atoms with Crippen molar-refractivity contribution in [3.8, 4) is 0 Å². The van der Waals surface area contributed by atoms with E-state index in [2.05, 4.69) is 13.8 Å². The fourth-order valence-electron chi connectivity index (χ4n) is 0.509. The van der Waals surface area contributed by atoms with Crippen molar-refractivity contribution < 1.29 is 28.3 Å². The molecule has 12 heavy (non-hydrogen) atoms. The quantitative estimate of drug-likeness (QED) is 0.504. The van der Waals surface area contributed by atoms with Crippen molar-refractivity contribution >= 4 is 13.6 Å². The zero-order valence-corrected chi connectivity index (χ0v) is 7.91. The Kier molecular flexibility index (Phi) is 4.41. The van der Waals surface area contributed by atoms with Crippen LogP contribution in [0.1, 0.15) is 0 Å². The third-order valence-electron chi connectivity index (χ3n) is 1.22. The molecule has 0 rings (SSSR count). The molecule has 0 spiro atoms. The molecule has 0 aromatic rings. The highest BCUT2D eigenvalue weighted by molar-refractivity contribution is 7.55. The highest BCUT2D eigenvalue weighted by Crippen LogP contribution is 2.50. The number of esters is 1. The summed E-state index contributed by atoms with van der Waals surface area (Å²) in [7, 11) is -0.575. The second-order valence-electron chi connectivity index (χ2n) is 1.80. The SMILES string of the molecule is COC(=O)C(O)P(=O)(OC)OC. The highest BCUT2D eigenvalue weighted by atomic mass is 31.2. The minimum absolute atomic E-state index is 1.05. The van der Waals surface area contributed by atoms with Gasteiger partial charge in [-0.2, -0.15) is 0 Å². The molecule has 1 N–H and O–H groups in total. The van der Waals surface area contributed by atoms with Crippen LogP contribution in [0.3, 0.4) is 0 Å². The predicted molar refractivity (Wildman–Crippen MR) is 39.6 cm³/mol. The van der Waals surface area contributed by atoms with Gasteiger partial charge >= 0.3 is 13.6 Å². The molecule has 0 saturated heterocycles. The molecule has 7 heteroatoms. The summed E-state index contributed by atoms with van der Waals surface area (Å²) in [6.07, 6.45) is 0. The molecule has 0 heterocycles. The van der Waals surface area contributed by atoms with Gasteiger partial charge in [-0.1, -0.05) is 0 Å². The molecule has 1 unspecified atom stereocenters. The largest absolute Gasteiger partial charge is 0.467 e. The Morgan fingerprint density at radius 2 is 1.75 bits per heavy atom. The Bertz CT molecular complexity index is 194. The summed E-state index contributed by atoms with van der Waals surface area (Å²) in [6, 6.07) is 0. The van der Waals surface area contributed by atoms with Gasteiger partial charge in [-0.3, -0.25) is 4.57 Å². The molecule has 0 aromatic heterocycles. The van der Waals surface area contributed by atoms with Gasteiger partial charge in [0, 0.05) is 14.2 Å². The van der Waals surface area contributed by atoms with Crippen molar-refractivity contribution in [3.05, 3.63) is 0 Å². The molecule has 0 radical (unpaired) electrons. The summed E-state index contributed by atoms with van der Waals surface area (Å²) in [4.78, 5) is 10.7. The van der Waals surface area contributed by atoms with E-state index in [0.717, 1.165) is 21.3 Å². The Morgan fingerprint density at radius 3 is 2.00 bits per heavy atom. The topological polar surface area (TPSA) is 82.1 Å². The number of hydrogen-bond acceptors (Lipinski definition) is 6. The van der Waals surface area contributed by atoms with Crippen LogP contribution in [0.4, 0.5) is 0 Å². The first-order valence-corrected chi connectivity index (χ1v) is 4.60. The maximum Gasteiger partial charge on any atom is 0.369 e. The number of carbonyl (C=O) groups is 1. The lowest BCUT2D eigenvalue weighted by molar-refractivity contribution is -0.146. The first-order chi connectivity index (χ1) is 5.51. The number of ether oxygens (including phenoxy) is 1. The average molecular weight is 198 g/mol. The molecular formula is C5H11O6P. The van der Waals surface area contributed by atoms with E-state index in [1.807, 2.05) is 0 Å². The number of methoxy groups -OCH3 is 1. The van der Waals surface area contributed by atoms with Crippen molar-refractivity contribution in [1.29, 1.82) is 0 Å². The lowest BCUT2D eigenvalue weighted by atomic mass is 10.7. The molecule has 0 aromatic carbocycles. The van der Waals surface area contributed by atoms with Crippen molar-refractivity contribution in [3.63, 3.8) is 0 Å². The molecular weight excluding hydrogens is 187 g/mol. The van der Waals surface area contributed by atoms with Gasteiger partial charge in [0.25, 0.3) is 5.85 Å². The molecule has 0 aliphatic carbocycles. The van der Waals surface area contributed by atoms with Crippen LogP contribution in [0.2, 0.25) is 0 Å². The summed E-state index contributed by atoms with van der Waals surface area (Å²) in [6.45, 7) is 0. The van der Waals surface area contributed by atoms with Crippen LogP contribution >= 0.6 is 7.60 Å². The van der Waals surface area contributed by atoms with Crippen LogP contribution in [0, 0.1) is 0 Å². The summed E-state index contributed by atoms with van der Waals surface area (Å²) in [5.74, 6) is -2.94. The number of aliphatic hydroxyl groups excluding tert-OH is 1. The minimum atomic E-state index is -3.76. The van der Waals surface area contributed by atoms with Crippen LogP contribution in [0.15, 0.2) is 0 Å². The lowest BCUT2D eigenvalue weighted by Crippen LogP contribution is -2.23. The van der Waals surface area contributed by atoms with Gasteiger partial charge in [0.15, 0.2) is 0 Å². The van der Waals surface area contributed by atoms with Crippen LogP contribution < -0.4 is 0 Å². The summed E-state index contributed by atoms with van der Waals surface area (Å²) >= 11 is 0. The summed E-state index contributed by atoms with van der Waals surface area (Å²) in [5, 5.41) is 9.05. The molecule has 72 valence electrons. The Morgan fingerprint density at radius 1 is 1.33 bits per heavy atom. The first kappa shape index (κ1) is 11.6. The second kappa shape index (κ2) is 4.57. The van der Waals surface area contributed by atoms with Gasteiger partial charge in [-0.25, -0.2) is 4.79 Å². The van der Waals surface area contributed by atoms with Crippen molar-refractivity contribution in [2.45, 2.75) is 5.85 Å². The third-order valence-corrected chi connectivity index (χ3v) is 3.05. The minimum Gasteiger partial charge on any atom is -0.467 e. The standard InChI is InChI=1S/C5H11O6P/c1-9-4(6)5(7)12(8,10-2)11-3/h5,7H,1-3H3. The highest BCUT2D eigenvalue weighted by Gasteiger charge is 2.39. The number of aliphatic hydroxyl groups is 1. The second-order valence-corrected chi connectivity index (χ2v) is 4.10. The fraction of sp³-hybridized carbons (Fsp3) is 0.800. The van der Waals surface area contributed by atoms with E-state index in [0.29, 0.717) is 0 Å². The van der Waals surface area contributed by atoms with E-state index < -0.39 is 19.4 Å². The number of carbonyl (C=O) groups excluding carboxylic acids is 1. The van der Waals surface area contributed by atoms with Crippen molar-refractivity contribution in [1.82, 2.24) is 0 Å². The van der Waals surface area contributed by atoms with Gasteiger partial charge in [0.05, 0.1) is 7.11 Å². The Hall–Kier alpha value is -0.420. The molecule has 0 aliphatic rings. The van der Waals surface area contributed by atoms with Crippen LogP contribution in [-0.4, -0.2) is 38.3 Å². The van der Waals surface area contributed by atoms with Gasteiger partial charge in [-0.15, -0.1) is 0 Å². The predicted octanol–water partition coefficient (Wildman–Crippen LogP) is -0.0363. The average Bonchev–Trinajstić information content (AvgIpc) is 2.14. The zero-order chi connectivity index (χ0) is 9.78. The van der Waals surface area contributed by atoms with Gasteiger partial charge < -0.3 is 18.9 Å². The molecule has 0 fully saturated rings. The van der Waals surface area contributed by atoms with Gasteiger partial charge in [0.2, 0.25) is 0 Å². The summed E-state index contributed by atoms with van der Waals surface area (Å²) < 4.78 is 24.1. The van der Waals surface area contributed by atoms with E-state index in [1.54, 1.807) is 0 Å². The van der Waals surface area contributed by atoms with Crippen LogP contribution in [-0.2, 0) is 23.1 Å². The summed E-state index contributed by atoms with van der Waals surface area (Å²) in [5.41, 5.74) is 0. The molecule has 6 nitrogen and oxygen atoms in total. The van der Waals surface area contributed by atoms with Gasteiger partial charge in [0.1, 0.15) is 0 Å². The molecule has 1 atom stereocenters. The van der Waals surface area contributed by atoms with E-state index in [9.17, 15) is 9.36 Å². The first-order valence-electron chi connectivity index (χ1n) is 2.99. The Labute approximate surface area is 70.0 Å². The van der Waals surface area contributed by atoms with Crippen LogP contribution in [0.25, 0.3) is 0 Å². The fourth-order valence-corrected chi connectivity index (χ4v) is 1.42.